The number of guanidine groups is 1. The highest BCUT2D eigenvalue weighted by molar-refractivity contribution is 14.0. The number of unbranched alkanes of at least 4 members (excludes halogenated alkanes) is 1. The second kappa shape index (κ2) is 15.4. The van der Waals surface area contributed by atoms with E-state index in [0.717, 1.165) is 45.0 Å². The summed E-state index contributed by atoms with van der Waals surface area (Å²) in [6.07, 6.45) is 4.04. The lowest BCUT2D eigenvalue weighted by Crippen LogP contribution is -2.39. The zero-order valence-corrected chi connectivity index (χ0v) is 17.9. The molecule has 0 saturated heterocycles. The van der Waals surface area contributed by atoms with Gasteiger partial charge in [-0.3, -0.25) is 4.99 Å². The summed E-state index contributed by atoms with van der Waals surface area (Å²) in [4.78, 5) is 4.14. The van der Waals surface area contributed by atoms with Crippen LogP contribution in [0.5, 0.6) is 0 Å². The lowest BCUT2D eigenvalue weighted by molar-refractivity contribution is 0.143. The van der Waals surface area contributed by atoms with Gasteiger partial charge in [-0.1, -0.05) is 6.92 Å². The average Bonchev–Trinajstić information content (AvgIpc) is 2.47. The summed E-state index contributed by atoms with van der Waals surface area (Å²) in [6.45, 7) is 7.95. The van der Waals surface area contributed by atoms with E-state index >= 15 is 0 Å². The molecule has 7 nitrogen and oxygen atoms in total. The molecule has 9 heteroatoms. The molecule has 0 bridgehead atoms. The van der Waals surface area contributed by atoms with Gasteiger partial charge in [-0.2, -0.15) is 0 Å². The average molecular weight is 464 g/mol. The van der Waals surface area contributed by atoms with Crippen LogP contribution < -0.4 is 10.6 Å². The molecule has 0 aliphatic rings. The van der Waals surface area contributed by atoms with Crippen LogP contribution in [0, 0.1) is 0 Å². The standard InChI is InChI=1S/C14H32N4O3S.HI/c1-5-18(22(4,19)20)12-9-11-17-14(15-3)16-10-7-8-13-21-6-2;/h5-13H2,1-4H3,(H2,15,16,17);1H. The van der Waals surface area contributed by atoms with Crippen LogP contribution in [0.4, 0.5) is 0 Å². The van der Waals surface area contributed by atoms with E-state index in [4.69, 9.17) is 4.74 Å². The van der Waals surface area contributed by atoms with Gasteiger partial charge in [0.25, 0.3) is 0 Å². The summed E-state index contributed by atoms with van der Waals surface area (Å²) in [7, 11) is -1.37. The summed E-state index contributed by atoms with van der Waals surface area (Å²) >= 11 is 0. The van der Waals surface area contributed by atoms with Crippen molar-refractivity contribution in [2.75, 3.05) is 52.7 Å². The number of ether oxygens (including phenoxy) is 1. The van der Waals surface area contributed by atoms with E-state index in [1.54, 1.807) is 7.05 Å². The number of hydrogen-bond donors (Lipinski definition) is 2. The van der Waals surface area contributed by atoms with Gasteiger partial charge < -0.3 is 15.4 Å². The van der Waals surface area contributed by atoms with Crippen LogP contribution >= 0.6 is 24.0 Å². The quantitative estimate of drug-likeness (QED) is 0.197. The molecule has 0 fully saturated rings. The smallest absolute Gasteiger partial charge is 0.211 e. The minimum atomic E-state index is -3.10. The second-order valence-electron chi connectivity index (χ2n) is 4.94. The van der Waals surface area contributed by atoms with Crippen molar-refractivity contribution in [3.05, 3.63) is 0 Å². The number of aliphatic imine (C=N–C) groups is 1. The van der Waals surface area contributed by atoms with Gasteiger partial charge in [-0.15, -0.1) is 24.0 Å². The molecule has 140 valence electrons. The Morgan fingerprint density at radius 2 is 1.74 bits per heavy atom. The van der Waals surface area contributed by atoms with Gasteiger partial charge in [-0.05, 0) is 26.2 Å². The fourth-order valence-corrected chi connectivity index (χ4v) is 2.85. The maximum Gasteiger partial charge on any atom is 0.211 e. The van der Waals surface area contributed by atoms with E-state index in [0.29, 0.717) is 19.6 Å². The summed E-state index contributed by atoms with van der Waals surface area (Å²) in [5.41, 5.74) is 0. The molecule has 0 aromatic carbocycles. The van der Waals surface area contributed by atoms with Gasteiger partial charge in [0.1, 0.15) is 0 Å². The van der Waals surface area contributed by atoms with E-state index in [-0.39, 0.29) is 24.0 Å². The zero-order valence-electron chi connectivity index (χ0n) is 14.8. The monoisotopic (exact) mass is 464 g/mol. The molecular weight excluding hydrogens is 431 g/mol. The molecular formula is C14H33IN4O3S. The number of sulfonamides is 1. The summed E-state index contributed by atoms with van der Waals surface area (Å²) < 4.78 is 29.7. The number of nitrogens with one attached hydrogen (secondary N) is 2. The molecule has 0 aromatic rings. The maximum atomic E-state index is 11.5. The van der Waals surface area contributed by atoms with E-state index < -0.39 is 10.0 Å². The highest BCUT2D eigenvalue weighted by Crippen LogP contribution is 1.98. The zero-order chi connectivity index (χ0) is 16.8. The minimum absolute atomic E-state index is 0. The van der Waals surface area contributed by atoms with Crippen molar-refractivity contribution in [3.8, 4) is 0 Å². The van der Waals surface area contributed by atoms with Gasteiger partial charge in [0.2, 0.25) is 10.0 Å². The van der Waals surface area contributed by atoms with Crippen LogP contribution in [-0.4, -0.2) is 71.4 Å². The SMILES string of the molecule is CCOCCCCNC(=NC)NCCCN(CC)S(C)(=O)=O.I. The van der Waals surface area contributed by atoms with Crippen molar-refractivity contribution in [1.29, 1.82) is 0 Å². The summed E-state index contributed by atoms with van der Waals surface area (Å²) in [5.74, 6) is 0.749. The van der Waals surface area contributed by atoms with Crippen molar-refractivity contribution in [2.45, 2.75) is 33.1 Å². The Hall–Kier alpha value is -0.130. The molecule has 0 spiro atoms. The normalized spacial score (nSPS) is 12.1. The molecule has 0 heterocycles. The Kier molecular flexibility index (Phi) is 16.8. The number of nitrogens with zero attached hydrogens (tertiary/aromatic N) is 2. The van der Waals surface area contributed by atoms with Crippen molar-refractivity contribution in [2.24, 2.45) is 4.99 Å². The molecule has 0 aromatic heterocycles. The van der Waals surface area contributed by atoms with Gasteiger partial charge in [-0.25, -0.2) is 12.7 Å². The van der Waals surface area contributed by atoms with Crippen molar-refractivity contribution in [3.63, 3.8) is 0 Å². The van der Waals surface area contributed by atoms with E-state index in [2.05, 4.69) is 15.6 Å². The van der Waals surface area contributed by atoms with Crippen molar-refractivity contribution < 1.29 is 13.2 Å². The molecule has 0 radical (unpaired) electrons. The third kappa shape index (κ3) is 14.0. The number of hydrogen-bond acceptors (Lipinski definition) is 4. The molecule has 0 unspecified atom stereocenters. The predicted molar refractivity (Wildman–Crippen MR) is 107 cm³/mol. The second-order valence-corrected chi connectivity index (χ2v) is 6.92. The fourth-order valence-electron chi connectivity index (χ4n) is 1.92. The Balaban J connectivity index is 0. The predicted octanol–water partition coefficient (Wildman–Crippen LogP) is 1.26. The summed E-state index contributed by atoms with van der Waals surface area (Å²) in [6, 6.07) is 0. The molecule has 2 N–H and O–H groups in total. The van der Waals surface area contributed by atoms with Crippen molar-refractivity contribution >= 4 is 40.0 Å². The lowest BCUT2D eigenvalue weighted by atomic mass is 10.3. The first kappa shape index (κ1) is 25.1. The van der Waals surface area contributed by atoms with E-state index in [9.17, 15) is 8.42 Å². The van der Waals surface area contributed by atoms with Crippen LogP contribution in [0.1, 0.15) is 33.1 Å². The molecule has 0 saturated carbocycles. The van der Waals surface area contributed by atoms with Crippen LogP contribution in [0.3, 0.4) is 0 Å². The van der Waals surface area contributed by atoms with Gasteiger partial charge in [0.05, 0.1) is 6.26 Å². The molecule has 23 heavy (non-hydrogen) atoms. The molecule has 0 amide bonds. The molecule has 0 rings (SSSR count). The Morgan fingerprint density at radius 1 is 1.13 bits per heavy atom. The van der Waals surface area contributed by atoms with Gasteiger partial charge in [0, 0.05) is 46.4 Å². The van der Waals surface area contributed by atoms with Gasteiger partial charge in [0.15, 0.2) is 5.96 Å². The molecule has 0 aliphatic carbocycles. The number of rotatable bonds is 12. The molecule has 0 atom stereocenters. The first-order valence-electron chi connectivity index (χ1n) is 7.93. The Morgan fingerprint density at radius 3 is 2.22 bits per heavy atom. The van der Waals surface area contributed by atoms with E-state index in [1.165, 1.54) is 10.6 Å². The van der Waals surface area contributed by atoms with Gasteiger partial charge >= 0.3 is 0 Å². The first-order valence-corrected chi connectivity index (χ1v) is 9.77. The van der Waals surface area contributed by atoms with Crippen LogP contribution in [0.15, 0.2) is 4.99 Å². The van der Waals surface area contributed by atoms with E-state index in [1.807, 2.05) is 13.8 Å². The Labute approximate surface area is 158 Å². The maximum absolute atomic E-state index is 11.5. The van der Waals surface area contributed by atoms with Crippen LogP contribution in [-0.2, 0) is 14.8 Å². The number of halogens is 1. The topological polar surface area (TPSA) is 83.0 Å². The highest BCUT2D eigenvalue weighted by Gasteiger charge is 2.13. The first-order chi connectivity index (χ1) is 10.5. The van der Waals surface area contributed by atoms with Crippen molar-refractivity contribution in [1.82, 2.24) is 14.9 Å². The molecule has 0 aliphatic heterocycles. The van der Waals surface area contributed by atoms with Crippen LogP contribution in [0.2, 0.25) is 0 Å². The third-order valence-corrected chi connectivity index (χ3v) is 4.51. The van der Waals surface area contributed by atoms with Crippen LogP contribution in [0.25, 0.3) is 0 Å². The fraction of sp³-hybridized carbons (Fsp3) is 0.929. The highest BCUT2D eigenvalue weighted by atomic mass is 127. The minimum Gasteiger partial charge on any atom is -0.382 e. The largest absolute Gasteiger partial charge is 0.382 e. The Bertz CT molecular complexity index is 405. The summed E-state index contributed by atoms with van der Waals surface area (Å²) in [5, 5.41) is 6.42. The lowest BCUT2D eigenvalue weighted by Gasteiger charge is -2.18. The third-order valence-electron chi connectivity index (χ3n) is 3.13.